The molecule has 0 aromatic heterocycles. The molecule has 1 unspecified atom stereocenters. The van der Waals surface area contributed by atoms with Gasteiger partial charge < -0.3 is 14.4 Å². The molecule has 0 radical (unpaired) electrons. The van der Waals surface area contributed by atoms with Crippen molar-refractivity contribution in [3.63, 3.8) is 0 Å². The van der Waals surface area contributed by atoms with Crippen molar-refractivity contribution in [2.45, 2.75) is 19.2 Å². The second-order valence-corrected chi connectivity index (χ2v) is 4.80. The number of rotatable bonds is 2. The summed E-state index contributed by atoms with van der Waals surface area (Å²) < 4.78 is 48.0. The lowest BCUT2D eigenvalue weighted by molar-refractivity contribution is -0.233. The van der Waals surface area contributed by atoms with E-state index in [2.05, 4.69) is 0 Å². The van der Waals surface area contributed by atoms with Crippen LogP contribution in [0.25, 0.3) is 0 Å². The second-order valence-electron chi connectivity index (χ2n) is 4.80. The van der Waals surface area contributed by atoms with Gasteiger partial charge in [-0.1, -0.05) is 12.1 Å². The number of hydrogen-bond acceptors (Lipinski definition) is 3. The highest BCUT2D eigenvalue weighted by Gasteiger charge is 2.44. The van der Waals surface area contributed by atoms with Gasteiger partial charge in [-0.15, -0.1) is 0 Å². The summed E-state index contributed by atoms with van der Waals surface area (Å²) in [6.45, 7) is 1.21. The summed E-state index contributed by atoms with van der Waals surface area (Å²) in [5, 5.41) is 0. The zero-order valence-electron chi connectivity index (χ0n) is 11.7. The third-order valence-electron chi connectivity index (χ3n) is 3.39. The zero-order chi connectivity index (χ0) is 15.6. The number of amides is 1. The van der Waals surface area contributed by atoms with Crippen molar-refractivity contribution >= 4 is 5.91 Å². The Morgan fingerprint density at radius 2 is 2.14 bits per heavy atom. The van der Waals surface area contributed by atoms with E-state index in [1.54, 1.807) is 25.1 Å². The maximum atomic E-state index is 12.7. The van der Waals surface area contributed by atoms with E-state index in [1.807, 2.05) is 0 Å². The summed E-state index contributed by atoms with van der Waals surface area (Å²) in [6, 6.07) is 5.06. The molecular formula is C14H16F3NO3. The molecule has 1 atom stereocenters. The van der Waals surface area contributed by atoms with Gasteiger partial charge in [0.15, 0.2) is 6.10 Å². The van der Waals surface area contributed by atoms with E-state index in [9.17, 15) is 18.0 Å². The summed E-state index contributed by atoms with van der Waals surface area (Å²) in [4.78, 5) is 13.7. The molecule has 7 heteroatoms. The Hall–Kier alpha value is -1.76. The van der Waals surface area contributed by atoms with Crippen LogP contribution in [0.1, 0.15) is 15.9 Å². The van der Waals surface area contributed by atoms with Crippen molar-refractivity contribution in [3.05, 3.63) is 29.3 Å². The standard InChI is InChI=1S/C14H16F3NO3/c1-9-4-3-5-10(20-2)12(9)13(19)18-6-7-21-11(8-18)14(15,16)17/h3-5,11H,6-8H2,1-2H3. The van der Waals surface area contributed by atoms with Crippen molar-refractivity contribution in [3.8, 4) is 5.75 Å². The van der Waals surface area contributed by atoms with E-state index in [-0.39, 0.29) is 13.2 Å². The minimum absolute atomic E-state index is 0.128. The summed E-state index contributed by atoms with van der Waals surface area (Å²) in [5.41, 5.74) is 0.956. The molecule has 2 rings (SSSR count). The number of ether oxygens (including phenoxy) is 2. The Morgan fingerprint density at radius 1 is 1.43 bits per heavy atom. The van der Waals surface area contributed by atoms with Gasteiger partial charge in [0, 0.05) is 6.54 Å². The molecule has 1 aliphatic heterocycles. The minimum atomic E-state index is -4.48. The number of carbonyl (C=O) groups excluding carboxylic acids is 1. The van der Waals surface area contributed by atoms with Gasteiger partial charge in [-0.05, 0) is 18.6 Å². The number of aryl methyl sites for hydroxylation is 1. The minimum Gasteiger partial charge on any atom is -0.496 e. The van der Waals surface area contributed by atoms with Crippen molar-refractivity contribution in [2.24, 2.45) is 0 Å². The topological polar surface area (TPSA) is 38.8 Å². The van der Waals surface area contributed by atoms with Crippen molar-refractivity contribution < 1.29 is 27.4 Å². The lowest BCUT2D eigenvalue weighted by Crippen LogP contribution is -2.51. The van der Waals surface area contributed by atoms with Crippen LogP contribution in [0.15, 0.2) is 18.2 Å². The normalized spacial score (nSPS) is 19.5. The molecule has 4 nitrogen and oxygen atoms in total. The molecule has 1 heterocycles. The van der Waals surface area contributed by atoms with Gasteiger partial charge in [-0.2, -0.15) is 13.2 Å². The van der Waals surface area contributed by atoms with E-state index in [4.69, 9.17) is 9.47 Å². The Bertz CT molecular complexity index is 531. The van der Waals surface area contributed by atoms with Gasteiger partial charge in [0.1, 0.15) is 5.75 Å². The first-order chi connectivity index (χ1) is 9.84. The highest BCUT2D eigenvalue weighted by atomic mass is 19.4. The summed E-state index contributed by atoms with van der Waals surface area (Å²) in [7, 11) is 1.42. The SMILES string of the molecule is COc1cccc(C)c1C(=O)N1CCOC(C(F)(F)F)C1. The molecule has 1 aromatic carbocycles. The lowest BCUT2D eigenvalue weighted by atomic mass is 10.1. The van der Waals surface area contributed by atoms with Gasteiger partial charge >= 0.3 is 6.18 Å². The van der Waals surface area contributed by atoms with Crippen LogP contribution in [0.2, 0.25) is 0 Å². The fourth-order valence-corrected chi connectivity index (χ4v) is 2.27. The number of halogens is 3. The van der Waals surface area contributed by atoms with Crippen molar-refractivity contribution in [1.29, 1.82) is 0 Å². The maximum absolute atomic E-state index is 12.7. The Morgan fingerprint density at radius 3 is 2.76 bits per heavy atom. The lowest BCUT2D eigenvalue weighted by Gasteiger charge is -2.34. The molecule has 116 valence electrons. The predicted molar refractivity (Wildman–Crippen MR) is 69.4 cm³/mol. The molecule has 0 saturated carbocycles. The van der Waals surface area contributed by atoms with Crippen LogP contribution in [0.5, 0.6) is 5.75 Å². The molecule has 1 aliphatic rings. The van der Waals surface area contributed by atoms with Crippen molar-refractivity contribution in [1.82, 2.24) is 4.90 Å². The third kappa shape index (κ3) is 3.29. The highest BCUT2D eigenvalue weighted by molar-refractivity contribution is 5.98. The summed E-state index contributed by atoms with van der Waals surface area (Å²) >= 11 is 0. The molecule has 21 heavy (non-hydrogen) atoms. The number of nitrogens with zero attached hydrogens (tertiary/aromatic N) is 1. The van der Waals surface area contributed by atoms with Crippen LogP contribution in [0, 0.1) is 6.92 Å². The number of benzene rings is 1. The van der Waals surface area contributed by atoms with E-state index >= 15 is 0 Å². The largest absolute Gasteiger partial charge is 0.496 e. The van der Waals surface area contributed by atoms with Gasteiger partial charge in [-0.3, -0.25) is 4.79 Å². The Balaban J connectivity index is 2.24. The monoisotopic (exact) mass is 303 g/mol. The molecular weight excluding hydrogens is 287 g/mol. The van der Waals surface area contributed by atoms with Gasteiger partial charge in [0.05, 0.1) is 25.8 Å². The van der Waals surface area contributed by atoms with E-state index in [0.29, 0.717) is 16.9 Å². The maximum Gasteiger partial charge on any atom is 0.416 e. The van der Waals surface area contributed by atoms with Gasteiger partial charge in [0.25, 0.3) is 5.91 Å². The first-order valence-corrected chi connectivity index (χ1v) is 6.45. The molecule has 0 spiro atoms. The number of hydrogen-bond donors (Lipinski definition) is 0. The molecule has 0 bridgehead atoms. The van der Waals surface area contributed by atoms with Crippen LogP contribution in [0.4, 0.5) is 13.2 Å². The molecule has 0 N–H and O–H groups in total. The van der Waals surface area contributed by atoms with E-state index in [0.717, 1.165) is 4.90 Å². The zero-order valence-corrected chi connectivity index (χ0v) is 11.7. The highest BCUT2D eigenvalue weighted by Crippen LogP contribution is 2.28. The van der Waals surface area contributed by atoms with E-state index < -0.39 is 24.7 Å². The third-order valence-corrected chi connectivity index (χ3v) is 3.39. The van der Waals surface area contributed by atoms with Crippen LogP contribution >= 0.6 is 0 Å². The Kier molecular flexibility index (Phi) is 4.41. The number of morpholine rings is 1. The number of methoxy groups -OCH3 is 1. The number of alkyl halides is 3. The van der Waals surface area contributed by atoms with Crippen LogP contribution in [-0.2, 0) is 4.74 Å². The van der Waals surface area contributed by atoms with Crippen LogP contribution < -0.4 is 4.74 Å². The van der Waals surface area contributed by atoms with Crippen LogP contribution in [-0.4, -0.2) is 49.9 Å². The summed E-state index contributed by atoms with van der Waals surface area (Å²) in [6.07, 6.45) is -6.42. The second kappa shape index (κ2) is 5.93. The van der Waals surface area contributed by atoms with E-state index in [1.165, 1.54) is 7.11 Å². The quantitative estimate of drug-likeness (QED) is 0.842. The average Bonchev–Trinajstić information content (AvgIpc) is 2.45. The predicted octanol–water partition coefficient (Wildman–Crippen LogP) is 2.41. The van der Waals surface area contributed by atoms with Gasteiger partial charge in [-0.25, -0.2) is 0 Å². The van der Waals surface area contributed by atoms with Gasteiger partial charge in [0.2, 0.25) is 0 Å². The molecule has 1 saturated heterocycles. The van der Waals surface area contributed by atoms with Crippen molar-refractivity contribution in [2.75, 3.05) is 26.8 Å². The fraction of sp³-hybridized carbons (Fsp3) is 0.500. The first kappa shape index (κ1) is 15.6. The first-order valence-electron chi connectivity index (χ1n) is 6.45. The van der Waals surface area contributed by atoms with Crippen LogP contribution in [0.3, 0.4) is 0 Å². The smallest absolute Gasteiger partial charge is 0.416 e. The average molecular weight is 303 g/mol. The molecule has 1 aromatic rings. The molecule has 0 aliphatic carbocycles. The molecule has 1 fully saturated rings. The fourth-order valence-electron chi connectivity index (χ4n) is 2.27. The molecule has 1 amide bonds. The summed E-state index contributed by atoms with van der Waals surface area (Å²) in [5.74, 6) is -0.113. The Labute approximate surface area is 120 Å². The number of carbonyl (C=O) groups is 1.